The van der Waals surface area contributed by atoms with Crippen LogP contribution in [0.25, 0.3) is 0 Å². The van der Waals surface area contributed by atoms with Gasteiger partial charge in [0.05, 0.1) is 5.56 Å². The Morgan fingerprint density at radius 2 is 2.27 bits per heavy atom. The lowest BCUT2D eigenvalue weighted by Crippen LogP contribution is -2.00. The molecule has 0 fully saturated rings. The molecule has 0 aliphatic rings. The van der Waals surface area contributed by atoms with Crippen LogP contribution in [0.1, 0.15) is 16.8 Å². The third-order valence-electron chi connectivity index (χ3n) is 1.79. The molecule has 1 aromatic rings. The van der Waals surface area contributed by atoms with Gasteiger partial charge in [-0.05, 0) is 52.8 Å². The standard InChI is InChI=1S/C10H12BrNO2S/c11-9-3-2-7(15-5-1-4-12)6-8(9)10(13)14/h2-3,6H,1,4-5,12H2,(H,13,14). The molecular weight excluding hydrogens is 278 g/mol. The highest BCUT2D eigenvalue weighted by Gasteiger charge is 2.08. The molecule has 1 aromatic carbocycles. The van der Waals surface area contributed by atoms with Crippen molar-refractivity contribution in [1.29, 1.82) is 0 Å². The van der Waals surface area contributed by atoms with Crippen LogP contribution in [0.3, 0.4) is 0 Å². The fourth-order valence-corrected chi connectivity index (χ4v) is 2.36. The van der Waals surface area contributed by atoms with Gasteiger partial charge < -0.3 is 10.8 Å². The van der Waals surface area contributed by atoms with E-state index in [1.54, 1.807) is 23.9 Å². The molecule has 0 atom stereocenters. The number of thioether (sulfide) groups is 1. The number of carboxylic acid groups (broad SMARTS) is 1. The van der Waals surface area contributed by atoms with Crippen LogP contribution >= 0.6 is 27.7 Å². The maximum absolute atomic E-state index is 10.8. The predicted octanol–water partition coefficient (Wildman–Crippen LogP) is 2.59. The molecule has 0 bridgehead atoms. The van der Waals surface area contributed by atoms with Gasteiger partial charge in [-0.15, -0.1) is 11.8 Å². The van der Waals surface area contributed by atoms with Gasteiger partial charge in [0.2, 0.25) is 0 Å². The first-order chi connectivity index (χ1) is 7.15. The second kappa shape index (κ2) is 6.15. The lowest BCUT2D eigenvalue weighted by Gasteiger charge is -2.03. The van der Waals surface area contributed by atoms with Crippen molar-refractivity contribution in [3.05, 3.63) is 28.2 Å². The molecule has 0 aliphatic heterocycles. The number of hydrogen-bond donors (Lipinski definition) is 2. The summed E-state index contributed by atoms with van der Waals surface area (Å²) in [7, 11) is 0. The Morgan fingerprint density at radius 1 is 1.53 bits per heavy atom. The molecule has 0 unspecified atom stereocenters. The Balaban J connectivity index is 2.74. The summed E-state index contributed by atoms with van der Waals surface area (Å²) in [5.41, 5.74) is 5.68. The van der Waals surface area contributed by atoms with Crippen molar-refractivity contribution in [3.8, 4) is 0 Å². The first kappa shape index (κ1) is 12.5. The van der Waals surface area contributed by atoms with Crippen LogP contribution in [-0.2, 0) is 0 Å². The molecule has 82 valence electrons. The van der Waals surface area contributed by atoms with Crippen molar-refractivity contribution >= 4 is 33.7 Å². The SMILES string of the molecule is NCCCSc1ccc(Br)c(C(=O)O)c1. The second-order valence-corrected chi connectivity index (χ2v) is 4.96. The van der Waals surface area contributed by atoms with Gasteiger partial charge in [-0.3, -0.25) is 0 Å². The predicted molar refractivity (Wildman–Crippen MR) is 65.5 cm³/mol. The van der Waals surface area contributed by atoms with Gasteiger partial charge in [-0.1, -0.05) is 0 Å². The fourth-order valence-electron chi connectivity index (χ4n) is 1.03. The van der Waals surface area contributed by atoms with E-state index in [0.29, 0.717) is 16.6 Å². The van der Waals surface area contributed by atoms with Crippen LogP contribution in [0.2, 0.25) is 0 Å². The van der Waals surface area contributed by atoms with Crippen molar-refractivity contribution in [2.75, 3.05) is 12.3 Å². The summed E-state index contributed by atoms with van der Waals surface area (Å²) in [5, 5.41) is 8.90. The van der Waals surface area contributed by atoms with Crippen LogP contribution in [0.4, 0.5) is 0 Å². The highest BCUT2D eigenvalue weighted by atomic mass is 79.9. The summed E-state index contributed by atoms with van der Waals surface area (Å²) < 4.78 is 0.609. The van der Waals surface area contributed by atoms with Crippen molar-refractivity contribution in [2.24, 2.45) is 5.73 Å². The van der Waals surface area contributed by atoms with Crippen molar-refractivity contribution in [1.82, 2.24) is 0 Å². The van der Waals surface area contributed by atoms with Gasteiger partial charge in [0.1, 0.15) is 0 Å². The number of carboxylic acids is 1. The fraction of sp³-hybridized carbons (Fsp3) is 0.300. The normalized spacial score (nSPS) is 10.3. The summed E-state index contributed by atoms with van der Waals surface area (Å²) in [6, 6.07) is 5.33. The zero-order valence-electron chi connectivity index (χ0n) is 8.07. The zero-order valence-corrected chi connectivity index (χ0v) is 10.5. The van der Waals surface area contributed by atoms with E-state index in [-0.39, 0.29) is 0 Å². The van der Waals surface area contributed by atoms with Gasteiger partial charge in [0.15, 0.2) is 0 Å². The largest absolute Gasteiger partial charge is 0.478 e. The molecule has 0 heterocycles. The molecule has 3 nitrogen and oxygen atoms in total. The summed E-state index contributed by atoms with van der Waals surface area (Å²) in [5.74, 6) is 0.000130. The molecule has 15 heavy (non-hydrogen) atoms. The minimum absolute atomic E-state index is 0.299. The van der Waals surface area contributed by atoms with Crippen LogP contribution in [0.15, 0.2) is 27.6 Å². The molecule has 5 heteroatoms. The number of halogens is 1. The Bertz CT molecular complexity index is 357. The zero-order chi connectivity index (χ0) is 11.3. The Morgan fingerprint density at radius 3 is 2.87 bits per heavy atom. The van der Waals surface area contributed by atoms with Crippen LogP contribution < -0.4 is 5.73 Å². The van der Waals surface area contributed by atoms with E-state index in [9.17, 15) is 4.79 Å². The molecule has 0 aromatic heterocycles. The molecule has 3 N–H and O–H groups in total. The third-order valence-corrected chi connectivity index (χ3v) is 3.56. The molecule has 0 spiro atoms. The van der Waals surface area contributed by atoms with Crippen LogP contribution in [0.5, 0.6) is 0 Å². The highest BCUT2D eigenvalue weighted by Crippen LogP contribution is 2.25. The Kier molecular flexibility index (Phi) is 5.14. The van der Waals surface area contributed by atoms with Crippen molar-refractivity contribution in [3.63, 3.8) is 0 Å². The van der Waals surface area contributed by atoms with E-state index in [1.807, 2.05) is 6.07 Å². The summed E-state index contributed by atoms with van der Waals surface area (Å²) in [6.45, 7) is 0.662. The third kappa shape index (κ3) is 3.85. The van der Waals surface area contributed by atoms with Gasteiger partial charge in [0, 0.05) is 9.37 Å². The maximum Gasteiger partial charge on any atom is 0.336 e. The van der Waals surface area contributed by atoms with Crippen molar-refractivity contribution < 1.29 is 9.90 Å². The number of benzene rings is 1. The maximum atomic E-state index is 10.8. The molecular formula is C10H12BrNO2S. The number of nitrogens with two attached hydrogens (primary N) is 1. The van der Waals surface area contributed by atoms with E-state index < -0.39 is 5.97 Å². The molecule has 0 amide bonds. The Labute approximate surface area is 101 Å². The van der Waals surface area contributed by atoms with Gasteiger partial charge >= 0.3 is 5.97 Å². The number of hydrogen-bond acceptors (Lipinski definition) is 3. The van der Waals surface area contributed by atoms with Gasteiger partial charge in [-0.25, -0.2) is 4.79 Å². The minimum Gasteiger partial charge on any atom is -0.478 e. The average molecular weight is 290 g/mol. The van der Waals surface area contributed by atoms with Gasteiger partial charge in [-0.2, -0.15) is 0 Å². The van der Waals surface area contributed by atoms with E-state index in [2.05, 4.69) is 15.9 Å². The van der Waals surface area contributed by atoms with E-state index >= 15 is 0 Å². The van der Waals surface area contributed by atoms with E-state index in [4.69, 9.17) is 10.8 Å². The second-order valence-electron chi connectivity index (χ2n) is 2.94. The summed E-state index contributed by atoms with van der Waals surface area (Å²) in [4.78, 5) is 11.8. The average Bonchev–Trinajstić information content (AvgIpc) is 2.20. The lowest BCUT2D eigenvalue weighted by atomic mass is 10.2. The van der Waals surface area contributed by atoms with E-state index in [1.165, 1.54) is 0 Å². The molecule has 0 aliphatic carbocycles. The minimum atomic E-state index is -0.914. The first-order valence-corrected chi connectivity index (χ1v) is 6.28. The van der Waals surface area contributed by atoms with Crippen LogP contribution in [0, 0.1) is 0 Å². The molecule has 0 radical (unpaired) electrons. The Hall–Kier alpha value is -0.520. The van der Waals surface area contributed by atoms with Gasteiger partial charge in [0.25, 0.3) is 0 Å². The molecule has 1 rings (SSSR count). The topological polar surface area (TPSA) is 63.3 Å². The monoisotopic (exact) mass is 289 g/mol. The quantitative estimate of drug-likeness (QED) is 0.646. The first-order valence-electron chi connectivity index (χ1n) is 4.51. The number of rotatable bonds is 5. The van der Waals surface area contributed by atoms with Crippen LogP contribution in [-0.4, -0.2) is 23.4 Å². The highest BCUT2D eigenvalue weighted by molar-refractivity contribution is 9.10. The summed E-state index contributed by atoms with van der Waals surface area (Å²) >= 11 is 4.82. The van der Waals surface area contributed by atoms with Crippen molar-refractivity contribution in [2.45, 2.75) is 11.3 Å². The lowest BCUT2D eigenvalue weighted by molar-refractivity contribution is 0.0695. The smallest absolute Gasteiger partial charge is 0.336 e. The molecule has 0 saturated heterocycles. The number of aromatic carboxylic acids is 1. The van der Waals surface area contributed by atoms with E-state index in [0.717, 1.165) is 17.1 Å². The number of carbonyl (C=O) groups is 1. The molecule has 0 saturated carbocycles. The summed E-state index contributed by atoms with van der Waals surface area (Å²) in [6.07, 6.45) is 0.934.